The number of nitrogens with zero attached hydrogens (tertiary/aromatic N) is 1. The summed E-state index contributed by atoms with van der Waals surface area (Å²) in [5, 5.41) is 8.88. The fraction of sp³-hybridized carbons (Fsp3) is 0.133. The van der Waals surface area contributed by atoms with Crippen LogP contribution in [0.3, 0.4) is 0 Å². The first-order valence-electron chi connectivity index (χ1n) is 6.27. The van der Waals surface area contributed by atoms with Crippen molar-refractivity contribution in [1.82, 2.24) is 4.72 Å². The van der Waals surface area contributed by atoms with Crippen molar-refractivity contribution in [1.29, 1.82) is 5.26 Å². The van der Waals surface area contributed by atoms with Gasteiger partial charge in [0, 0.05) is 6.54 Å². The van der Waals surface area contributed by atoms with Crippen LogP contribution in [0.4, 0.5) is 4.39 Å². The number of hydrogen-bond acceptors (Lipinski definition) is 3. The minimum atomic E-state index is -3.91. The molecule has 0 saturated carbocycles. The summed E-state index contributed by atoms with van der Waals surface area (Å²) in [5.74, 6) is -0.844. The van der Waals surface area contributed by atoms with E-state index in [2.05, 4.69) is 4.72 Å². The highest BCUT2D eigenvalue weighted by Gasteiger charge is 2.20. The summed E-state index contributed by atoms with van der Waals surface area (Å²) in [6, 6.07) is 14.5. The van der Waals surface area contributed by atoms with Gasteiger partial charge in [0.15, 0.2) is 0 Å². The van der Waals surface area contributed by atoms with E-state index < -0.39 is 21.4 Å². The van der Waals surface area contributed by atoms with Gasteiger partial charge in [-0.2, -0.15) is 5.26 Å². The highest BCUT2D eigenvalue weighted by Crippen LogP contribution is 2.17. The second-order valence-corrected chi connectivity index (χ2v) is 6.09. The Balaban J connectivity index is 2.13. The first-order valence-corrected chi connectivity index (χ1v) is 7.75. The predicted molar refractivity (Wildman–Crippen MR) is 76.4 cm³/mol. The average Bonchev–Trinajstić information content (AvgIpc) is 2.48. The summed E-state index contributed by atoms with van der Waals surface area (Å²) in [5.41, 5.74) is 0.518. The Labute approximate surface area is 122 Å². The molecule has 0 heterocycles. The molecular formula is C15H13FN2O2S. The van der Waals surface area contributed by atoms with E-state index in [0.717, 1.165) is 11.6 Å². The number of halogens is 1. The third kappa shape index (κ3) is 3.66. The van der Waals surface area contributed by atoms with Gasteiger partial charge in [0.2, 0.25) is 10.0 Å². The molecule has 2 rings (SSSR count). The molecular weight excluding hydrogens is 291 g/mol. The molecule has 0 spiro atoms. The summed E-state index contributed by atoms with van der Waals surface area (Å²) < 4.78 is 40.1. The van der Waals surface area contributed by atoms with Crippen molar-refractivity contribution < 1.29 is 12.8 Å². The number of sulfonamides is 1. The standard InChI is InChI=1S/C15H13FN2O2S/c16-14-7-4-8-15(13(14)11-17)21(19,20)18-10-9-12-5-2-1-3-6-12/h1-8,18H,9-10H2. The molecule has 6 heteroatoms. The lowest BCUT2D eigenvalue weighted by Gasteiger charge is -2.08. The van der Waals surface area contributed by atoms with Crippen LogP contribution in [0.2, 0.25) is 0 Å². The third-order valence-electron chi connectivity index (χ3n) is 2.93. The lowest BCUT2D eigenvalue weighted by Crippen LogP contribution is -2.27. The third-order valence-corrected chi connectivity index (χ3v) is 4.43. The summed E-state index contributed by atoms with van der Waals surface area (Å²) in [4.78, 5) is -0.335. The first kappa shape index (κ1) is 15.2. The van der Waals surface area contributed by atoms with Crippen LogP contribution in [0.1, 0.15) is 11.1 Å². The smallest absolute Gasteiger partial charge is 0.211 e. The molecule has 0 aliphatic rings. The van der Waals surface area contributed by atoms with Gasteiger partial charge in [0.05, 0.1) is 0 Å². The second-order valence-electron chi connectivity index (χ2n) is 4.36. The van der Waals surface area contributed by atoms with Gasteiger partial charge in [-0.3, -0.25) is 0 Å². The molecule has 0 aliphatic carbocycles. The van der Waals surface area contributed by atoms with Crippen LogP contribution in [0.25, 0.3) is 0 Å². The van der Waals surface area contributed by atoms with Gasteiger partial charge in [-0.25, -0.2) is 17.5 Å². The van der Waals surface area contributed by atoms with Gasteiger partial charge in [0.25, 0.3) is 0 Å². The van der Waals surface area contributed by atoms with E-state index in [4.69, 9.17) is 5.26 Å². The maximum absolute atomic E-state index is 13.5. The molecule has 0 unspecified atom stereocenters. The molecule has 2 aromatic carbocycles. The molecule has 0 aliphatic heterocycles. The number of nitrogens with one attached hydrogen (secondary N) is 1. The highest BCUT2D eigenvalue weighted by molar-refractivity contribution is 7.89. The van der Waals surface area contributed by atoms with Crippen LogP contribution >= 0.6 is 0 Å². The number of benzene rings is 2. The molecule has 4 nitrogen and oxygen atoms in total. The lowest BCUT2D eigenvalue weighted by molar-refractivity contribution is 0.576. The Bertz CT molecular complexity index is 768. The SMILES string of the molecule is N#Cc1c(F)cccc1S(=O)(=O)NCCc1ccccc1. The zero-order chi connectivity index (χ0) is 15.3. The summed E-state index contributed by atoms with van der Waals surface area (Å²) >= 11 is 0. The monoisotopic (exact) mass is 304 g/mol. The Hall–Kier alpha value is -2.23. The molecule has 0 atom stereocenters. The van der Waals surface area contributed by atoms with Crippen LogP contribution in [0.5, 0.6) is 0 Å². The minimum Gasteiger partial charge on any atom is -0.211 e. The maximum Gasteiger partial charge on any atom is 0.242 e. The van der Waals surface area contributed by atoms with E-state index in [1.54, 1.807) is 6.07 Å². The van der Waals surface area contributed by atoms with E-state index in [0.29, 0.717) is 6.42 Å². The van der Waals surface area contributed by atoms with E-state index in [9.17, 15) is 12.8 Å². The van der Waals surface area contributed by atoms with Gasteiger partial charge in [-0.15, -0.1) is 0 Å². The van der Waals surface area contributed by atoms with Gasteiger partial charge in [-0.1, -0.05) is 36.4 Å². The highest BCUT2D eigenvalue weighted by atomic mass is 32.2. The fourth-order valence-corrected chi connectivity index (χ4v) is 3.08. The fourth-order valence-electron chi connectivity index (χ4n) is 1.89. The van der Waals surface area contributed by atoms with Gasteiger partial charge >= 0.3 is 0 Å². The van der Waals surface area contributed by atoms with E-state index in [1.807, 2.05) is 30.3 Å². The first-order chi connectivity index (χ1) is 10.0. The zero-order valence-electron chi connectivity index (χ0n) is 11.1. The molecule has 108 valence electrons. The number of rotatable bonds is 5. The quantitative estimate of drug-likeness (QED) is 0.920. The van der Waals surface area contributed by atoms with Gasteiger partial charge in [-0.05, 0) is 24.1 Å². The van der Waals surface area contributed by atoms with Gasteiger partial charge < -0.3 is 0 Å². The van der Waals surface area contributed by atoms with Crippen LogP contribution in [-0.4, -0.2) is 15.0 Å². The Morgan fingerprint density at radius 2 is 1.81 bits per heavy atom. The molecule has 0 saturated heterocycles. The Kier molecular flexibility index (Phi) is 4.68. The van der Waals surface area contributed by atoms with Crippen molar-refractivity contribution in [2.45, 2.75) is 11.3 Å². The molecule has 0 aromatic heterocycles. The summed E-state index contributed by atoms with van der Waals surface area (Å²) in [6.45, 7) is 0.174. The van der Waals surface area contributed by atoms with Crippen LogP contribution in [0, 0.1) is 17.1 Å². The molecule has 0 radical (unpaired) electrons. The molecule has 1 N–H and O–H groups in total. The Morgan fingerprint density at radius 1 is 1.10 bits per heavy atom. The van der Waals surface area contributed by atoms with Crippen LogP contribution in [-0.2, 0) is 16.4 Å². The van der Waals surface area contributed by atoms with Crippen molar-refractivity contribution in [2.24, 2.45) is 0 Å². The lowest BCUT2D eigenvalue weighted by atomic mass is 10.2. The molecule has 0 amide bonds. The normalized spacial score (nSPS) is 11.0. The summed E-state index contributed by atoms with van der Waals surface area (Å²) in [7, 11) is -3.91. The molecule has 0 bridgehead atoms. The molecule has 2 aromatic rings. The van der Waals surface area contributed by atoms with Crippen LogP contribution in [0.15, 0.2) is 53.4 Å². The van der Waals surface area contributed by atoms with E-state index in [-0.39, 0.29) is 11.4 Å². The van der Waals surface area contributed by atoms with Crippen molar-refractivity contribution in [3.05, 3.63) is 65.5 Å². The van der Waals surface area contributed by atoms with Crippen molar-refractivity contribution >= 4 is 10.0 Å². The maximum atomic E-state index is 13.5. The summed E-state index contributed by atoms with van der Waals surface area (Å²) in [6.07, 6.45) is 0.511. The second kappa shape index (κ2) is 6.48. The van der Waals surface area contributed by atoms with Crippen molar-refractivity contribution in [2.75, 3.05) is 6.54 Å². The van der Waals surface area contributed by atoms with E-state index >= 15 is 0 Å². The minimum absolute atomic E-state index is 0.174. The largest absolute Gasteiger partial charge is 0.242 e. The predicted octanol–water partition coefficient (Wildman–Crippen LogP) is 2.22. The number of hydrogen-bond donors (Lipinski definition) is 1. The van der Waals surface area contributed by atoms with E-state index in [1.165, 1.54) is 12.1 Å². The molecule has 0 fully saturated rings. The number of nitriles is 1. The zero-order valence-corrected chi connectivity index (χ0v) is 11.9. The Morgan fingerprint density at radius 3 is 2.48 bits per heavy atom. The van der Waals surface area contributed by atoms with Crippen molar-refractivity contribution in [3.8, 4) is 6.07 Å². The van der Waals surface area contributed by atoms with Crippen LogP contribution < -0.4 is 4.72 Å². The van der Waals surface area contributed by atoms with Crippen molar-refractivity contribution in [3.63, 3.8) is 0 Å². The topological polar surface area (TPSA) is 70.0 Å². The average molecular weight is 304 g/mol. The van der Waals surface area contributed by atoms with Gasteiger partial charge in [0.1, 0.15) is 22.3 Å². The molecule has 21 heavy (non-hydrogen) atoms.